The Kier molecular flexibility index (Phi) is 7.97. The predicted octanol–water partition coefficient (Wildman–Crippen LogP) is 2.56. The van der Waals surface area contributed by atoms with E-state index >= 15 is 0 Å². The Morgan fingerprint density at radius 1 is 1.20 bits per heavy atom. The first kappa shape index (κ1) is 10.5. The van der Waals surface area contributed by atoms with Gasteiger partial charge in [0.1, 0.15) is 0 Å². The molecular weight excluding hydrogens is 139 g/mol. The molecule has 0 radical (unpaired) electrons. The summed E-state index contributed by atoms with van der Waals surface area (Å²) < 4.78 is 5.00. The molecule has 2 heteroatoms. The van der Waals surface area contributed by atoms with Crippen molar-refractivity contribution in [2.24, 2.45) is 0 Å². The van der Waals surface area contributed by atoms with Gasteiger partial charge in [0.25, 0.3) is 14.1 Å². The highest BCUT2D eigenvalue weighted by Crippen LogP contribution is 2.06. The molecule has 0 aliphatic heterocycles. The summed E-state index contributed by atoms with van der Waals surface area (Å²) in [5.41, 5.74) is 0. The Morgan fingerprint density at radius 2 is 1.80 bits per heavy atom. The van der Waals surface area contributed by atoms with E-state index in [-0.39, 0.29) is 14.1 Å². The maximum absolute atomic E-state index is 5.00. The maximum Gasteiger partial charge on any atom is 0.261 e. The second-order valence-electron chi connectivity index (χ2n) is 2.82. The Labute approximate surface area is 69.2 Å². The van der Waals surface area contributed by atoms with E-state index in [1.54, 1.807) is 7.11 Å². The summed E-state index contributed by atoms with van der Waals surface area (Å²) in [6.07, 6.45) is 1.29. The van der Waals surface area contributed by atoms with Crippen LogP contribution >= 0.6 is 0 Å². The van der Waals surface area contributed by atoms with Gasteiger partial charge in [-0.1, -0.05) is 29.7 Å². The molecule has 0 aromatic carbocycles. The lowest BCUT2D eigenvalue weighted by Gasteiger charge is -2.04. The van der Waals surface area contributed by atoms with Gasteiger partial charge >= 0.3 is 0 Å². The van der Waals surface area contributed by atoms with E-state index in [0.29, 0.717) is 0 Å². The van der Waals surface area contributed by atoms with Crippen LogP contribution in [0.15, 0.2) is 0 Å². The Morgan fingerprint density at radius 3 is 2.20 bits per heavy atom. The van der Waals surface area contributed by atoms with E-state index in [9.17, 15) is 0 Å². The Hall–Kier alpha value is 0.492. The molecule has 0 N–H and O–H groups in total. The van der Waals surface area contributed by atoms with Crippen molar-refractivity contribution in [2.75, 3.05) is 13.7 Å². The molecule has 0 bridgehead atoms. The highest BCUT2D eigenvalue weighted by atomic mass is 27.2. The second kappa shape index (κ2) is 7.60. The summed E-state index contributed by atoms with van der Waals surface area (Å²) in [6, 6.07) is 0. The molecule has 0 aromatic rings. The zero-order chi connectivity index (χ0) is 7.82. The zero-order valence-electron chi connectivity index (χ0n) is 7.52. The Balaban J connectivity index is 3.09. The van der Waals surface area contributed by atoms with Gasteiger partial charge in [-0.3, -0.25) is 0 Å². The molecule has 0 fully saturated rings. The van der Waals surface area contributed by atoms with Gasteiger partial charge in [0, 0.05) is 13.7 Å². The fourth-order valence-electron chi connectivity index (χ4n) is 1.21. The van der Waals surface area contributed by atoms with Crippen molar-refractivity contribution in [2.45, 2.75) is 36.1 Å². The van der Waals surface area contributed by atoms with Crippen molar-refractivity contribution in [1.29, 1.82) is 0 Å². The first-order valence-corrected chi connectivity index (χ1v) is 6.79. The van der Waals surface area contributed by atoms with Gasteiger partial charge in [-0.2, -0.15) is 0 Å². The number of methoxy groups -OCH3 is 1. The van der Waals surface area contributed by atoms with Gasteiger partial charge in [-0.05, 0) is 6.42 Å². The number of ether oxygens (including phenoxy) is 1. The summed E-state index contributed by atoms with van der Waals surface area (Å²) >= 11 is -0.304. The summed E-state index contributed by atoms with van der Waals surface area (Å²) in [5.74, 6) is 0. The van der Waals surface area contributed by atoms with E-state index < -0.39 is 0 Å². The molecule has 60 valence electrons. The van der Waals surface area contributed by atoms with Gasteiger partial charge in [-0.25, -0.2) is 0 Å². The lowest BCUT2D eigenvalue weighted by atomic mass is 10.5. The summed E-state index contributed by atoms with van der Waals surface area (Å²) in [6.45, 7) is 5.61. The first-order valence-electron chi connectivity index (χ1n) is 4.34. The van der Waals surface area contributed by atoms with Crippen molar-refractivity contribution < 1.29 is 4.74 Å². The number of hydrogen-bond donors (Lipinski definition) is 0. The molecule has 0 amide bonds. The summed E-state index contributed by atoms with van der Waals surface area (Å²) in [4.78, 5) is 0. The maximum atomic E-state index is 5.00. The third-order valence-electron chi connectivity index (χ3n) is 2.12. The van der Waals surface area contributed by atoms with Crippen molar-refractivity contribution in [3.05, 3.63) is 0 Å². The smallest absolute Gasteiger partial charge is 0.261 e. The van der Waals surface area contributed by atoms with E-state index in [2.05, 4.69) is 13.8 Å². The number of hydrogen-bond acceptors (Lipinski definition) is 1. The molecule has 0 atom stereocenters. The van der Waals surface area contributed by atoms with Crippen LogP contribution in [0.25, 0.3) is 0 Å². The van der Waals surface area contributed by atoms with Crippen LogP contribution < -0.4 is 0 Å². The highest BCUT2D eigenvalue weighted by molar-refractivity contribution is 6.58. The number of rotatable bonds is 6. The van der Waals surface area contributed by atoms with Crippen LogP contribution in [0.2, 0.25) is 15.8 Å². The minimum atomic E-state index is -0.304. The average molecular weight is 158 g/mol. The van der Waals surface area contributed by atoms with Crippen molar-refractivity contribution in [3.63, 3.8) is 0 Å². The van der Waals surface area contributed by atoms with Crippen LogP contribution in [0.3, 0.4) is 0 Å². The van der Waals surface area contributed by atoms with Crippen LogP contribution in [0.5, 0.6) is 0 Å². The SMILES string of the molecule is C[CH2][Al]([CH2]C)[CH2]CCOC. The molecule has 0 rings (SSSR count). The third-order valence-corrected chi connectivity index (χ3v) is 5.65. The third kappa shape index (κ3) is 5.29. The Bertz CT molecular complexity index is 62.3. The molecule has 0 spiro atoms. The van der Waals surface area contributed by atoms with Crippen LogP contribution in [0, 0.1) is 0 Å². The zero-order valence-corrected chi connectivity index (χ0v) is 8.68. The fraction of sp³-hybridized carbons (Fsp3) is 1.00. The lowest BCUT2D eigenvalue weighted by Crippen LogP contribution is -2.09. The van der Waals surface area contributed by atoms with Crippen molar-refractivity contribution in [3.8, 4) is 0 Å². The molecule has 0 aromatic heterocycles. The van der Waals surface area contributed by atoms with E-state index in [1.165, 1.54) is 22.3 Å². The molecule has 1 nitrogen and oxygen atoms in total. The van der Waals surface area contributed by atoms with E-state index in [0.717, 1.165) is 6.61 Å². The topological polar surface area (TPSA) is 9.23 Å². The van der Waals surface area contributed by atoms with Crippen LogP contribution in [-0.2, 0) is 4.74 Å². The molecular formula is C8H19AlO. The van der Waals surface area contributed by atoms with Gasteiger partial charge in [0.15, 0.2) is 0 Å². The van der Waals surface area contributed by atoms with Gasteiger partial charge in [0.05, 0.1) is 0 Å². The quantitative estimate of drug-likeness (QED) is 0.426. The van der Waals surface area contributed by atoms with Crippen molar-refractivity contribution in [1.82, 2.24) is 0 Å². The largest absolute Gasteiger partial charge is 0.385 e. The fourth-order valence-corrected chi connectivity index (χ4v) is 3.35. The minimum Gasteiger partial charge on any atom is -0.385 e. The van der Waals surface area contributed by atoms with E-state index in [4.69, 9.17) is 4.74 Å². The molecule has 0 saturated heterocycles. The van der Waals surface area contributed by atoms with E-state index in [1.807, 2.05) is 0 Å². The minimum absolute atomic E-state index is 0.304. The molecule has 0 aliphatic rings. The molecule has 10 heavy (non-hydrogen) atoms. The summed E-state index contributed by atoms with van der Waals surface area (Å²) in [7, 11) is 1.79. The predicted molar refractivity (Wildman–Crippen MR) is 48.0 cm³/mol. The molecule has 0 unspecified atom stereocenters. The standard InChI is InChI=1S/C4H9O.2C2H5.Al/c1-3-4-5-2;2*1-2;/h1,3-4H2,2H3;2*1H2,2H3;. The van der Waals surface area contributed by atoms with Crippen LogP contribution in [0.4, 0.5) is 0 Å². The van der Waals surface area contributed by atoms with Crippen molar-refractivity contribution >= 4 is 14.1 Å². The van der Waals surface area contributed by atoms with Gasteiger partial charge in [-0.15, -0.1) is 0 Å². The average Bonchev–Trinajstić information content (AvgIpc) is 1.99. The lowest BCUT2D eigenvalue weighted by molar-refractivity contribution is 0.199. The van der Waals surface area contributed by atoms with Gasteiger partial charge < -0.3 is 4.74 Å². The second-order valence-corrected chi connectivity index (χ2v) is 6.76. The molecule has 0 saturated carbocycles. The van der Waals surface area contributed by atoms with Gasteiger partial charge in [0.2, 0.25) is 0 Å². The molecule has 0 heterocycles. The first-order chi connectivity index (χ1) is 4.85. The van der Waals surface area contributed by atoms with Crippen LogP contribution in [0.1, 0.15) is 20.3 Å². The normalized spacial score (nSPS) is 9.90. The highest BCUT2D eigenvalue weighted by Gasteiger charge is 2.09. The van der Waals surface area contributed by atoms with Crippen LogP contribution in [-0.4, -0.2) is 27.9 Å². The molecule has 0 aliphatic carbocycles. The monoisotopic (exact) mass is 158 g/mol. The summed E-state index contributed by atoms with van der Waals surface area (Å²) in [5, 5.41) is 4.39.